The van der Waals surface area contributed by atoms with Gasteiger partial charge >= 0.3 is 0 Å². The van der Waals surface area contributed by atoms with Crippen LogP contribution in [-0.2, 0) is 27.8 Å². The molecule has 10 nitrogen and oxygen atoms in total. The Morgan fingerprint density at radius 1 is 0.957 bits per heavy atom. The molecule has 0 radical (unpaired) electrons. The van der Waals surface area contributed by atoms with E-state index in [4.69, 9.17) is 30.8 Å². The third-order valence-corrected chi connectivity index (χ3v) is 9.64. The van der Waals surface area contributed by atoms with Gasteiger partial charge in [-0.25, -0.2) is 32.7 Å². The highest BCUT2D eigenvalue weighted by atomic mass is 35.5. The van der Waals surface area contributed by atoms with Crippen molar-refractivity contribution in [3.63, 3.8) is 0 Å². The van der Waals surface area contributed by atoms with Crippen molar-refractivity contribution in [3.05, 3.63) is 112 Å². The van der Waals surface area contributed by atoms with Crippen molar-refractivity contribution in [1.82, 2.24) is 19.9 Å². The Morgan fingerprint density at radius 2 is 1.85 bits per heavy atom. The minimum Gasteiger partial charge on any atom is -0.496 e. The zero-order chi connectivity index (χ0) is 32.8. The minimum atomic E-state index is -3.54. The fourth-order valence-electron chi connectivity index (χ4n) is 4.64. The molecule has 3 heterocycles. The second kappa shape index (κ2) is 14.4. The van der Waals surface area contributed by atoms with Crippen LogP contribution in [0.1, 0.15) is 10.6 Å². The zero-order valence-electron chi connectivity index (χ0n) is 24.9. The molecule has 6 rings (SSSR count). The molecule has 3 aromatic heterocycles. The molecule has 0 aliphatic carbocycles. The number of rotatable bonds is 13. The summed E-state index contributed by atoms with van der Waals surface area (Å²) in [6, 6.07) is 19.9. The van der Waals surface area contributed by atoms with E-state index in [-0.39, 0.29) is 36.4 Å². The van der Waals surface area contributed by atoms with Crippen molar-refractivity contribution in [2.24, 2.45) is 0 Å². The number of nitrogens with zero attached hydrogens (tertiary/aromatic N) is 4. The molecule has 0 atom stereocenters. The first-order valence-electron chi connectivity index (χ1n) is 14.2. The van der Waals surface area contributed by atoms with Crippen molar-refractivity contribution in [3.8, 4) is 22.8 Å². The van der Waals surface area contributed by atoms with Crippen molar-refractivity contribution in [1.29, 1.82) is 0 Å². The lowest BCUT2D eigenvalue weighted by molar-refractivity contribution is 0.135. The minimum absolute atomic E-state index is 0.00359. The normalized spacial score (nSPS) is 11.5. The van der Waals surface area contributed by atoms with Crippen LogP contribution < -0.4 is 14.8 Å². The fraction of sp³-hybridized carbons (Fsp3) is 0.152. The molecule has 14 heteroatoms. The third-order valence-electron chi connectivity index (χ3n) is 6.94. The standard InChI is InChI=1S/C33H27ClFN5O5S2/c1-43-30-16-27-25(15-24(30)28-19-46-31(40-28)18-44-11-12-47(41,42)32-7-2-3-10-36-32)33(38-20-37-27)39-23-8-9-29(26(34)14-23)45-17-21-5-4-6-22(35)13-21/h2-10,13-16,19-20H,11-12,17-18H2,1H3,(H,37,38,39). The molecule has 0 saturated heterocycles. The van der Waals surface area contributed by atoms with E-state index in [1.165, 1.54) is 42.1 Å². The molecule has 0 unspecified atom stereocenters. The molecule has 0 aliphatic rings. The molecule has 0 amide bonds. The number of benzene rings is 3. The van der Waals surface area contributed by atoms with Gasteiger partial charge in [-0.2, -0.15) is 0 Å². The number of hydrogen-bond donors (Lipinski definition) is 1. The molecule has 240 valence electrons. The number of halogens is 2. The summed E-state index contributed by atoms with van der Waals surface area (Å²) in [5, 5.41) is 6.97. The van der Waals surface area contributed by atoms with Gasteiger partial charge in [-0.05, 0) is 54.1 Å². The highest BCUT2D eigenvalue weighted by molar-refractivity contribution is 7.91. The van der Waals surface area contributed by atoms with Gasteiger partial charge in [0, 0.05) is 34.3 Å². The number of fused-ring (bicyclic) bond motifs is 1. The van der Waals surface area contributed by atoms with Gasteiger partial charge in [0.05, 0.1) is 42.3 Å². The number of sulfone groups is 1. The van der Waals surface area contributed by atoms with E-state index in [9.17, 15) is 12.8 Å². The van der Waals surface area contributed by atoms with Crippen LogP contribution in [0.15, 0.2) is 95.7 Å². The Bertz CT molecular complexity index is 2130. The van der Waals surface area contributed by atoms with Crippen LogP contribution in [0.3, 0.4) is 0 Å². The maximum Gasteiger partial charge on any atom is 0.197 e. The Labute approximate surface area is 279 Å². The topological polar surface area (TPSA) is 125 Å². The van der Waals surface area contributed by atoms with E-state index in [1.54, 1.807) is 49.6 Å². The van der Waals surface area contributed by atoms with Gasteiger partial charge in [0.1, 0.15) is 41.1 Å². The van der Waals surface area contributed by atoms with Crippen molar-refractivity contribution < 1.29 is 27.0 Å². The van der Waals surface area contributed by atoms with Crippen LogP contribution >= 0.6 is 22.9 Å². The number of thiazole rings is 1. The molecular weight excluding hydrogens is 665 g/mol. The smallest absolute Gasteiger partial charge is 0.197 e. The molecule has 0 aliphatic heterocycles. The lowest BCUT2D eigenvalue weighted by atomic mass is 10.1. The van der Waals surface area contributed by atoms with Crippen LogP contribution in [0, 0.1) is 5.82 Å². The lowest BCUT2D eigenvalue weighted by Crippen LogP contribution is -2.13. The van der Waals surface area contributed by atoms with E-state index in [0.717, 1.165) is 10.9 Å². The van der Waals surface area contributed by atoms with Gasteiger partial charge in [-0.3, -0.25) is 0 Å². The molecule has 0 spiro atoms. The maximum absolute atomic E-state index is 13.5. The number of anilines is 2. The number of pyridine rings is 1. The summed E-state index contributed by atoms with van der Waals surface area (Å²) in [5.41, 5.74) is 3.39. The van der Waals surface area contributed by atoms with Crippen LogP contribution in [0.25, 0.3) is 22.2 Å². The van der Waals surface area contributed by atoms with Crippen LogP contribution in [0.4, 0.5) is 15.9 Å². The van der Waals surface area contributed by atoms with Crippen LogP contribution in [-0.4, -0.2) is 47.8 Å². The Hall–Kier alpha value is -4.69. The second-order valence-corrected chi connectivity index (χ2v) is 13.6. The van der Waals surface area contributed by atoms with E-state index in [1.807, 2.05) is 17.5 Å². The molecule has 0 bridgehead atoms. The van der Waals surface area contributed by atoms with E-state index in [2.05, 4.69) is 20.3 Å². The third kappa shape index (κ3) is 7.83. The molecule has 47 heavy (non-hydrogen) atoms. The number of hydrogen-bond acceptors (Lipinski definition) is 11. The Kier molecular flexibility index (Phi) is 9.87. The largest absolute Gasteiger partial charge is 0.496 e. The molecule has 6 aromatic rings. The summed E-state index contributed by atoms with van der Waals surface area (Å²) in [5.74, 6) is 1.05. The van der Waals surface area contributed by atoms with E-state index in [0.29, 0.717) is 49.8 Å². The maximum atomic E-state index is 13.5. The monoisotopic (exact) mass is 691 g/mol. The van der Waals surface area contributed by atoms with Gasteiger partial charge in [0.15, 0.2) is 14.9 Å². The highest BCUT2D eigenvalue weighted by Gasteiger charge is 2.17. The van der Waals surface area contributed by atoms with Crippen LogP contribution in [0.5, 0.6) is 11.5 Å². The SMILES string of the molecule is COc1cc2ncnc(Nc3ccc(OCc4cccc(F)c4)c(Cl)c3)c2cc1-c1csc(COCCS(=O)(=O)c2ccccn2)n1. The van der Waals surface area contributed by atoms with Gasteiger partial charge < -0.3 is 19.5 Å². The van der Waals surface area contributed by atoms with Crippen molar-refractivity contribution in [2.45, 2.75) is 18.2 Å². The van der Waals surface area contributed by atoms with E-state index < -0.39 is 9.84 Å². The summed E-state index contributed by atoms with van der Waals surface area (Å²) < 4.78 is 55.5. The summed E-state index contributed by atoms with van der Waals surface area (Å²) in [7, 11) is -1.97. The van der Waals surface area contributed by atoms with Gasteiger partial charge in [-0.15, -0.1) is 11.3 Å². The van der Waals surface area contributed by atoms with Gasteiger partial charge in [-0.1, -0.05) is 29.8 Å². The molecule has 0 fully saturated rings. The summed E-state index contributed by atoms with van der Waals surface area (Å²) in [6.07, 6.45) is 2.90. The van der Waals surface area contributed by atoms with Crippen molar-refractivity contribution in [2.75, 3.05) is 24.8 Å². The Balaban J connectivity index is 1.16. The first-order valence-corrected chi connectivity index (χ1v) is 17.1. The van der Waals surface area contributed by atoms with Crippen molar-refractivity contribution >= 4 is 55.2 Å². The predicted molar refractivity (Wildman–Crippen MR) is 179 cm³/mol. The highest BCUT2D eigenvalue weighted by Crippen LogP contribution is 2.37. The first-order chi connectivity index (χ1) is 22.8. The second-order valence-electron chi connectivity index (χ2n) is 10.1. The average Bonchev–Trinajstić information content (AvgIpc) is 3.55. The summed E-state index contributed by atoms with van der Waals surface area (Å²) in [4.78, 5) is 17.5. The summed E-state index contributed by atoms with van der Waals surface area (Å²) in [6.45, 7) is 0.324. The molecule has 0 saturated carbocycles. The summed E-state index contributed by atoms with van der Waals surface area (Å²) >= 11 is 7.91. The quantitative estimate of drug-likeness (QED) is 0.124. The fourth-order valence-corrected chi connectivity index (χ4v) is 6.66. The number of ether oxygens (including phenoxy) is 3. The predicted octanol–water partition coefficient (Wildman–Crippen LogP) is 7.26. The first kappa shape index (κ1) is 32.3. The van der Waals surface area contributed by atoms with Gasteiger partial charge in [0.25, 0.3) is 0 Å². The molecular formula is C33H27ClFN5O5S2. The lowest BCUT2D eigenvalue weighted by Gasteiger charge is -2.13. The number of aromatic nitrogens is 4. The van der Waals surface area contributed by atoms with E-state index >= 15 is 0 Å². The average molecular weight is 692 g/mol. The Morgan fingerprint density at radius 3 is 2.64 bits per heavy atom. The van der Waals surface area contributed by atoms with Crippen LogP contribution in [0.2, 0.25) is 5.02 Å². The number of nitrogens with one attached hydrogen (secondary N) is 1. The molecule has 3 aromatic carbocycles. The molecule has 1 N–H and O–H groups in total. The zero-order valence-corrected chi connectivity index (χ0v) is 27.3. The van der Waals surface area contributed by atoms with Gasteiger partial charge in [0.2, 0.25) is 0 Å². The number of methoxy groups -OCH3 is 1.